The highest BCUT2D eigenvalue weighted by molar-refractivity contribution is 7.18. The minimum absolute atomic E-state index is 0.0689. The van der Waals surface area contributed by atoms with Gasteiger partial charge in [-0.2, -0.15) is 0 Å². The van der Waals surface area contributed by atoms with Crippen molar-refractivity contribution < 1.29 is 14.7 Å². The summed E-state index contributed by atoms with van der Waals surface area (Å²) < 4.78 is 0. The topological polar surface area (TPSA) is 66.4 Å². The number of nitrogens with one attached hydrogen (secondary N) is 1. The Morgan fingerprint density at radius 3 is 2.42 bits per heavy atom. The summed E-state index contributed by atoms with van der Waals surface area (Å²) in [5.74, 6) is -0.765. The van der Waals surface area contributed by atoms with Gasteiger partial charge in [0.05, 0.1) is 5.00 Å². The molecule has 19 heavy (non-hydrogen) atoms. The molecule has 0 aliphatic carbocycles. The molecule has 1 aromatic heterocycles. The van der Waals surface area contributed by atoms with Crippen molar-refractivity contribution in [3.05, 3.63) is 16.5 Å². The summed E-state index contributed by atoms with van der Waals surface area (Å²) in [6.45, 7) is 10.1. The second-order valence-corrected chi connectivity index (χ2v) is 7.00. The van der Waals surface area contributed by atoms with Crippen molar-refractivity contribution in [3.8, 4) is 0 Å². The van der Waals surface area contributed by atoms with Gasteiger partial charge in [-0.05, 0) is 29.9 Å². The highest BCUT2D eigenvalue weighted by Gasteiger charge is 2.23. The number of amides is 1. The van der Waals surface area contributed by atoms with Crippen LogP contribution in [-0.2, 0) is 4.79 Å². The Morgan fingerprint density at radius 2 is 2.00 bits per heavy atom. The normalized spacial score (nSPS) is 13.1. The minimum Gasteiger partial charge on any atom is -0.477 e. The molecular formula is C14H21NO3S. The molecule has 1 atom stereocenters. The van der Waals surface area contributed by atoms with Crippen LogP contribution >= 0.6 is 11.3 Å². The van der Waals surface area contributed by atoms with E-state index in [1.165, 1.54) is 0 Å². The zero-order chi connectivity index (χ0) is 14.8. The molecule has 0 saturated heterocycles. The second kappa shape index (κ2) is 5.74. The molecular weight excluding hydrogens is 262 g/mol. The van der Waals surface area contributed by atoms with E-state index in [0.717, 1.165) is 11.3 Å². The first kappa shape index (κ1) is 15.7. The van der Waals surface area contributed by atoms with E-state index in [-0.39, 0.29) is 22.1 Å². The fourth-order valence-corrected chi connectivity index (χ4v) is 2.46. The standard InChI is InChI=1S/C14H21NO3S/c1-8-6-11(19-12(8)13(17)18)15-10(16)7-9(2)14(3,4)5/h6,9H,7H2,1-5H3,(H,15,16)(H,17,18). The number of thiophene rings is 1. The molecule has 106 valence electrons. The van der Waals surface area contributed by atoms with Crippen molar-refractivity contribution in [3.63, 3.8) is 0 Å². The van der Waals surface area contributed by atoms with Crippen molar-refractivity contribution in [2.75, 3.05) is 5.32 Å². The molecule has 0 radical (unpaired) electrons. The maximum Gasteiger partial charge on any atom is 0.346 e. The summed E-state index contributed by atoms with van der Waals surface area (Å²) in [5.41, 5.74) is 0.756. The minimum atomic E-state index is -0.953. The fraction of sp³-hybridized carbons (Fsp3) is 0.571. The number of aryl methyl sites for hydroxylation is 1. The van der Waals surface area contributed by atoms with Crippen LogP contribution in [0.25, 0.3) is 0 Å². The average Bonchev–Trinajstić information content (AvgIpc) is 2.57. The molecule has 0 fully saturated rings. The van der Waals surface area contributed by atoms with Gasteiger partial charge in [-0.25, -0.2) is 4.79 Å². The third-order valence-corrected chi connectivity index (χ3v) is 4.49. The summed E-state index contributed by atoms with van der Waals surface area (Å²) in [4.78, 5) is 23.1. The first-order chi connectivity index (χ1) is 8.61. The van der Waals surface area contributed by atoms with Crippen LogP contribution in [0.2, 0.25) is 0 Å². The van der Waals surface area contributed by atoms with Gasteiger partial charge in [-0.1, -0.05) is 27.7 Å². The van der Waals surface area contributed by atoms with Gasteiger partial charge < -0.3 is 10.4 Å². The molecule has 5 heteroatoms. The predicted octanol–water partition coefficient (Wildman–Crippen LogP) is 3.77. The molecule has 0 spiro atoms. The summed E-state index contributed by atoms with van der Waals surface area (Å²) in [6.07, 6.45) is 0.433. The summed E-state index contributed by atoms with van der Waals surface area (Å²) >= 11 is 1.10. The molecule has 1 amide bonds. The molecule has 0 aromatic carbocycles. The Morgan fingerprint density at radius 1 is 1.42 bits per heavy atom. The lowest BCUT2D eigenvalue weighted by molar-refractivity contribution is -0.117. The van der Waals surface area contributed by atoms with E-state index in [4.69, 9.17) is 5.11 Å². The van der Waals surface area contributed by atoms with Crippen molar-refractivity contribution >= 4 is 28.2 Å². The monoisotopic (exact) mass is 283 g/mol. The van der Waals surface area contributed by atoms with Gasteiger partial charge >= 0.3 is 5.97 Å². The molecule has 2 N–H and O–H groups in total. The highest BCUT2D eigenvalue weighted by atomic mass is 32.1. The van der Waals surface area contributed by atoms with Crippen LogP contribution in [0.4, 0.5) is 5.00 Å². The lowest BCUT2D eigenvalue weighted by atomic mass is 9.80. The maximum atomic E-state index is 11.9. The van der Waals surface area contributed by atoms with E-state index in [1.807, 2.05) is 6.92 Å². The number of anilines is 1. The van der Waals surface area contributed by atoms with Crippen LogP contribution in [0, 0.1) is 18.3 Å². The van der Waals surface area contributed by atoms with Gasteiger partial charge in [0.2, 0.25) is 5.91 Å². The number of hydrogen-bond acceptors (Lipinski definition) is 3. The number of hydrogen-bond donors (Lipinski definition) is 2. The molecule has 0 aliphatic rings. The second-order valence-electron chi connectivity index (χ2n) is 5.95. The van der Waals surface area contributed by atoms with Crippen molar-refractivity contribution in [1.29, 1.82) is 0 Å². The Balaban J connectivity index is 2.68. The van der Waals surface area contributed by atoms with Gasteiger partial charge in [0, 0.05) is 6.42 Å². The van der Waals surface area contributed by atoms with Gasteiger partial charge in [-0.3, -0.25) is 4.79 Å². The lowest BCUT2D eigenvalue weighted by Crippen LogP contribution is -2.23. The number of rotatable bonds is 4. The molecule has 1 unspecified atom stereocenters. The van der Waals surface area contributed by atoms with E-state index in [1.54, 1.807) is 13.0 Å². The Bertz CT molecular complexity index is 485. The summed E-state index contributed by atoms with van der Waals surface area (Å²) in [5, 5.41) is 12.3. The first-order valence-corrected chi connectivity index (χ1v) is 7.06. The van der Waals surface area contributed by atoms with Gasteiger partial charge in [0.25, 0.3) is 0 Å². The number of carbonyl (C=O) groups is 2. The third kappa shape index (κ3) is 4.35. The van der Waals surface area contributed by atoms with E-state index >= 15 is 0 Å². The summed E-state index contributed by atoms with van der Waals surface area (Å²) in [6, 6.07) is 1.70. The molecule has 0 aliphatic heterocycles. The van der Waals surface area contributed by atoms with Gasteiger partial charge in [-0.15, -0.1) is 11.3 Å². The third-order valence-electron chi connectivity index (χ3n) is 3.34. The molecule has 1 rings (SSSR count). The molecule has 1 heterocycles. The number of carboxylic acid groups (broad SMARTS) is 1. The Kier molecular flexibility index (Phi) is 4.74. The average molecular weight is 283 g/mol. The molecule has 1 aromatic rings. The smallest absolute Gasteiger partial charge is 0.346 e. The molecule has 4 nitrogen and oxygen atoms in total. The molecule has 0 saturated carbocycles. The van der Waals surface area contributed by atoms with Crippen LogP contribution in [0.5, 0.6) is 0 Å². The Labute approximate surface area is 117 Å². The fourth-order valence-electron chi connectivity index (χ4n) is 1.53. The van der Waals surface area contributed by atoms with Gasteiger partial charge in [0.15, 0.2) is 0 Å². The summed E-state index contributed by atoms with van der Waals surface area (Å²) in [7, 11) is 0. The number of carbonyl (C=O) groups excluding carboxylic acids is 1. The Hall–Kier alpha value is -1.36. The van der Waals surface area contributed by atoms with Crippen LogP contribution in [0.15, 0.2) is 6.07 Å². The van der Waals surface area contributed by atoms with E-state index in [2.05, 4.69) is 26.1 Å². The van der Waals surface area contributed by atoms with Crippen LogP contribution in [0.1, 0.15) is 49.4 Å². The van der Waals surface area contributed by atoms with Crippen LogP contribution in [-0.4, -0.2) is 17.0 Å². The highest BCUT2D eigenvalue weighted by Crippen LogP contribution is 2.30. The van der Waals surface area contributed by atoms with E-state index < -0.39 is 5.97 Å². The van der Waals surface area contributed by atoms with E-state index in [9.17, 15) is 9.59 Å². The SMILES string of the molecule is Cc1cc(NC(=O)CC(C)C(C)(C)C)sc1C(=O)O. The number of aromatic carboxylic acids is 1. The van der Waals surface area contributed by atoms with Gasteiger partial charge in [0.1, 0.15) is 4.88 Å². The lowest BCUT2D eigenvalue weighted by Gasteiger charge is -2.26. The van der Waals surface area contributed by atoms with Crippen molar-refractivity contribution in [2.24, 2.45) is 11.3 Å². The first-order valence-electron chi connectivity index (χ1n) is 6.25. The largest absolute Gasteiger partial charge is 0.477 e. The zero-order valence-electron chi connectivity index (χ0n) is 12.0. The van der Waals surface area contributed by atoms with E-state index in [0.29, 0.717) is 17.0 Å². The maximum absolute atomic E-state index is 11.9. The molecule has 0 bridgehead atoms. The van der Waals surface area contributed by atoms with Crippen LogP contribution in [0.3, 0.4) is 0 Å². The van der Waals surface area contributed by atoms with Crippen molar-refractivity contribution in [2.45, 2.75) is 41.0 Å². The predicted molar refractivity (Wildman–Crippen MR) is 77.9 cm³/mol. The van der Waals surface area contributed by atoms with Crippen LogP contribution < -0.4 is 5.32 Å². The van der Waals surface area contributed by atoms with Crippen molar-refractivity contribution in [1.82, 2.24) is 0 Å². The quantitative estimate of drug-likeness (QED) is 0.884. The zero-order valence-corrected chi connectivity index (χ0v) is 12.9. The number of carboxylic acids is 1.